The molecule has 120 valence electrons. The summed E-state index contributed by atoms with van der Waals surface area (Å²) in [6.45, 7) is 2.31. The van der Waals surface area contributed by atoms with Crippen LogP contribution in [0.3, 0.4) is 0 Å². The zero-order valence-electron chi connectivity index (χ0n) is 12.6. The van der Waals surface area contributed by atoms with Gasteiger partial charge in [-0.15, -0.1) is 0 Å². The van der Waals surface area contributed by atoms with Crippen molar-refractivity contribution in [1.29, 1.82) is 0 Å². The van der Waals surface area contributed by atoms with Crippen LogP contribution in [0.5, 0.6) is 0 Å². The topological polar surface area (TPSA) is 96.8 Å². The summed E-state index contributed by atoms with van der Waals surface area (Å²) in [6, 6.07) is 7.10. The van der Waals surface area contributed by atoms with Crippen molar-refractivity contribution in [3.05, 3.63) is 47.8 Å². The molecule has 0 aliphatic heterocycles. The number of carbonyl (C=O) groups is 2. The lowest BCUT2D eigenvalue weighted by molar-refractivity contribution is -0.139. The fourth-order valence-electron chi connectivity index (χ4n) is 2.22. The molecule has 0 saturated heterocycles. The van der Waals surface area contributed by atoms with E-state index >= 15 is 0 Å². The predicted molar refractivity (Wildman–Crippen MR) is 81.5 cm³/mol. The van der Waals surface area contributed by atoms with Gasteiger partial charge in [0.15, 0.2) is 0 Å². The first-order valence-electron chi connectivity index (χ1n) is 7.37. The maximum absolute atomic E-state index is 11.6. The minimum Gasteiger partial charge on any atom is -0.467 e. The van der Waals surface area contributed by atoms with Gasteiger partial charge in [0, 0.05) is 5.92 Å². The normalized spacial score (nSPS) is 19.7. The number of nitrogens with one attached hydrogen (secondary N) is 2. The standard InChI is InChI=1S/C16H17N3O4/c1-10-7-13(10)14-5-4-12(23-14)9-18-19-16(21)15(20)17-8-11-3-2-6-22-11/h2-6,9-10,13H,7-8H2,1H3,(H,17,20)(H,19,21)/b18-9-/t10-,13+/m1/s1. The van der Waals surface area contributed by atoms with Crippen LogP contribution in [0.2, 0.25) is 0 Å². The largest absolute Gasteiger partial charge is 0.467 e. The van der Waals surface area contributed by atoms with Gasteiger partial charge < -0.3 is 14.2 Å². The van der Waals surface area contributed by atoms with Gasteiger partial charge in [0.1, 0.15) is 17.3 Å². The lowest BCUT2D eigenvalue weighted by Crippen LogP contribution is -2.37. The highest BCUT2D eigenvalue weighted by Crippen LogP contribution is 2.47. The van der Waals surface area contributed by atoms with Crippen molar-refractivity contribution >= 4 is 18.0 Å². The molecule has 1 aliphatic carbocycles. The molecule has 2 aromatic rings. The number of hydrogen-bond donors (Lipinski definition) is 2. The van der Waals surface area contributed by atoms with Gasteiger partial charge in [0.2, 0.25) is 0 Å². The van der Waals surface area contributed by atoms with Crippen LogP contribution >= 0.6 is 0 Å². The molecule has 2 heterocycles. The van der Waals surface area contributed by atoms with E-state index < -0.39 is 11.8 Å². The van der Waals surface area contributed by atoms with Gasteiger partial charge in [-0.1, -0.05) is 6.92 Å². The van der Waals surface area contributed by atoms with E-state index in [0.717, 1.165) is 12.2 Å². The third-order valence-corrected chi connectivity index (χ3v) is 3.69. The first-order chi connectivity index (χ1) is 11.1. The highest BCUT2D eigenvalue weighted by molar-refractivity contribution is 6.35. The number of hydrazone groups is 1. The van der Waals surface area contributed by atoms with Gasteiger partial charge in [-0.3, -0.25) is 9.59 Å². The van der Waals surface area contributed by atoms with Crippen molar-refractivity contribution < 1.29 is 18.4 Å². The lowest BCUT2D eigenvalue weighted by Gasteiger charge is -2.01. The molecule has 0 unspecified atom stereocenters. The van der Waals surface area contributed by atoms with Crippen molar-refractivity contribution in [1.82, 2.24) is 10.7 Å². The van der Waals surface area contributed by atoms with Crippen molar-refractivity contribution in [2.45, 2.75) is 25.8 Å². The SMILES string of the molecule is C[C@@H]1C[C@@H]1c1ccc(/C=N\NC(=O)C(=O)NCc2ccco2)o1. The quantitative estimate of drug-likeness (QED) is 0.499. The Morgan fingerprint density at radius 1 is 1.35 bits per heavy atom. The van der Waals surface area contributed by atoms with Crippen molar-refractivity contribution in [3.8, 4) is 0 Å². The predicted octanol–water partition coefficient (Wildman–Crippen LogP) is 1.76. The van der Waals surface area contributed by atoms with E-state index in [1.54, 1.807) is 18.2 Å². The number of hydrogen-bond acceptors (Lipinski definition) is 5. The number of carbonyl (C=O) groups excluding carboxylic acids is 2. The fraction of sp³-hybridized carbons (Fsp3) is 0.312. The highest BCUT2D eigenvalue weighted by Gasteiger charge is 2.36. The van der Waals surface area contributed by atoms with Crippen LogP contribution in [-0.4, -0.2) is 18.0 Å². The molecular formula is C16H17N3O4. The molecule has 7 nitrogen and oxygen atoms in total. The molecule has 2 atom stereocenters. The summed E-state index contributed by atoms with van der Waals surface area (Å²) in [6.07, 6.45) is 4.00. The summed E-state index contributed by atoms with van der Waals surface area (Å²) in [7, 11) is 0. The third-order valence-electron chi connectivity index (χ3n) is 3.69. The Bertz CT molecular complexity index is 718. The first kappa shape index (κ1) is 15.1. The molecule has 2 aromatic heterocycles. The van der Waals surface area contributed by atoms with Crippen LogP contribution in [-0.2, 0) is 16.1 Å². The highest BCUT2D eigenvalue weighted by atomic mass is 16.3. The summed E-state index contributed by atoms with van der Waals surface area (Å²) in [5.41, 5.74) is 2.15. The Labute approximate surface area is 132 Å². The molecule has 2 amide bonds. The van der Waals surface area contributed by atoms with Gasteiger partial charge in [-0.05, 0) is 36.6 Å². The fourth-order valence-corrected chi connectivity index (χ4v) is 2.22. The Morgan fingerprint density at radius 2 is 2.17 bits per heavy atom. The number of rotatable bonds is 5. The molecule has 23 heavy (non-hydrogen) atoms. The van der Waals surface area contributed by atoms with Crippen molar-refractivity contribution in [3.63, 3.8) is 0 Å². The summed E-state index contributed by atoms with van der Waals surface area (Å²) < 4.78 is 10.7. The van der Waals surface area contributed by atoms with Crippen molar-refractivity contribution in [2.75, 3.05) is 0 Å². The molecule has 1 saturated carbocycles. The van der Waals surface area contributed by atoms with Crippen LogP contribution in [0.15, 0.2) is 44.5 Å². The van der Waals surface area contributed by atoms with Gasteiger partial charge >= 0.3 is 11.8 Å². The van der Waals surface area contributed by atoms with E-state index in [0.29, 0.717) is 23.4 Å². The number of furan rings is 2. The van der Waals surface area contributed by atoms with Crippen LogP contribution in [0, 0.1) is 5.92 Å². The Morgan fingerprint density at radius 3 is 2.87 bits per heavy atom. The summed E-state index contributed by atoms with van der Waals surface area (Å²) in [4.78, 5) is 23.1. The zero-order chi connectivity index (χ0) is 16.2. The maximum Gasteiger partial charge on any atom is 0.329 e. The second kappa shape index (κ2) is 6.51. The Kier molecular flexibility index (Phi) is 4.27. The molecule has 0 radical (unpaired) electrons. The second-order valence-corrected chi connectivity index (χ2v) is 5.52. The Hall–Kier alpha value is -2.83. The number of amides is 2. The molecule has 3 rings (SSSR count). The molecule has 2 N–H and O–H groups in total. The van der Waals surface area contributed by atoms with Crippen LogP contribution in [0.25, 0.3) is 0 Å². The third kappa shape index (κ3) is 3.88. The monoisotopic (exact) mass is 315 g/mol. The minimum atomic E-state index is -0.851. The molecule has 1 aliphatic rings. The van der Waals surface area contributed by atoms with Crippen LogP contribution < -0.4 is 10.7 Å². The zero-order valence-corrected chi connectivity index (χ0v) is 12.6. The van der Waals surface area contributed by atoms with E-state index in [2.05, 4.69) is 22.8 Å². The lowest BCUT2D eigenvalue weighted by atomic mass is 10.3. The van der Waals surface area contributed by atoms with Crippen LogP contribution in [0.1, 0.15) is 36.5 Å². The molecule has 0 bridgehead atoms. The van der Waals surface area contributed by atoms with Gasteiger partial charge in [-0.25, -0.2) is 5.43 Å². The second-order valence-electron chi connectivity index (χ2n) is 5.52. The first-order valence-corrected chi connectivity index (χ1v) is 7.37. The molecule has 1 fully saturated rings. The summed E-state index contributed by atoms with van der Waals surface area (Å²) in [5, 5.41) is 6.14. The summed E-state index contributed by atoms with van der Waals surface area (Å²) >= 11 is 0. The van der Waals surface area contributed by atoms with E-state index in [9.17, 15) is 9.59 Å². The average Bonchev–Trinajstić information content (AvgIpc) is 2.99. The van der Waals surface area contributed by atoms with E-state index in [4.69, 9.17) is 8.83 Å². The van der Waals surface area contributed by atoms with E-state index in [1.165, 1.54) is 12.5 Å². The Balaban J connectivity index is 1.44. The molecule has 0 aromatic carbocycles. The van der Waals surface area contributed by atoms with Crippen LogP contribution in [0.4, 0.5) is 0 Å². The van der Waals surface area contributed by atoms with E-state index in [-0.39, 0.29) is 6.54 Å². The smallest absolute Gasteiger partial charge is 0.329 e. The van der Waals surface area contributed by atoms with Gasteiger partial charge in [0.25, 0.3) is 0 Å². The summed E-state index contributed by atoms with van der Waals surface area (Å²) in [5.74, 6) is 1.53. The average molecular weight is 315 g/mol. The molecule has 7 heteroatoms. The maximum atomic E-state index is 11.6. The van der Waals surface area contributed by atoms with Crippen molar-refractivity contribution in [2.24, 2.45) is 11.0 Å². The number of nitrogens with zero attached hydrogens (tertiary/aromatic N) is 1. The minimum absolute atomic E-state index is 0.143. The molecule has 0 spiro atoms. The molecular weight excluding hydrogens is 298 g/mol. The van der Waals surface area contributed by atoms with E-state index in [1.807, 2.05) is 6.07 Å². The van der Waals surface area contributed by atoms with Gasteiger partial charge in [-0.2, -0.15) is 5.10 Å². The van der Waals surface area contributed by atoms with Gasteiger partial charge in [0.05, 0.1) is 19.0 Å².